The number of hydrogen-bond acceptors (Lipinski definition) is 7. The third kappa shape index (κ3) is 5.07. The fourth-order valence-corrected chi connectivity index (χ4v) is 5.24. The van der Waals surface area contributed by atoms with Crippen molar-refractivity contribution in [3.63, 3.8) is 0 Å². The van der Waals surface area contributed by atoms with Gasteiger partial charge in [0.1, 0.15) is 5.69 Å². The summed E-state index contributed by atoms with van der Waals surface area (Å²) >= 11 is 2.91. The number of amides is 1. The molecule has 0 bridgehead atoms. The van der Waals surface area contributed by atoms with Crippen LogP contribution < -0.4 is 16.2 Å². The van der Waals surface area contributed by atoms with Crippen LogP contribution in [-0.4, -0.2) is 31.2 Å². The maximum Gasteiger partial charge on any atom is 0.295 e. The SMILES string of the molecule is Cc1cccc(Nc2nnc(SCCC(=O)Nc3c(C)n(C)n(-c4ccccc4)c3=O)s2)c1C. The number of hydrogen-bond donors (Lipinski definition) is 2. The van der Waals surface area contributed by atoms with E-state index in [-0.39, 0.29) is 17.9 Å². The molecule has 0 aliphatic carbocycles. The first-order valence-electron chi connectivity index (χ1n) is 10.8. The topological polar surface area (TPSA) is 93.8 Å². The van der Waals surface area contributed by atoms with E-state index in [2.05, 4.69) is 40.7 Å². The number of aromatic nitrogens is 4. The monoisotopic (exact) mass is 494 g/mol. The number of para-hydroxylation sites is 1. The van der Waals surface area contributed by atoms with Crippen molar-refractivity contribution in [2.24, 2.45) is 7.05 Å². The summed E-state index contributed by atoms with van der Waals surface area (Å²) in [6.45, 7) is 5.95. The van der Waals surface area contributed by atoms with Crippen molar-refractivity contribution in [1.82, 2.24) is 19.6 Å². The number of rotatable bonds is 8. The lowest BCUT2D eigenvalue weighted by molar-refractivity contribution is -0.115. The van der Waals surface area contributed by atoms with Gasteiger partial charge in [0.25, 0.3) is 5.56 Å². The van der Waals surface area contributed by atoms with E-state index in [9.17, 15) is 9.59 Å². The second-order valence-corrected chi connectivity index (χ2v) is 10.1. The van der Waals surface area contributed by atoms with Crippen molar-refractivity contribution in [2.75, 3.05) is 16.4 Å². The zero-order chi connectivity index (χ0) is 24.2. The van der Waals surface area contributed by atoms with Crippen molar-refractivity contribution in [3.05, 3.63) is 75.7 Å². The number of thioether (sulfide) groups is 1. The molecule has 2 N–H and O–H groups in total. The average Bonchev–Trinajstić information content (AvgIpc) is 3.35. The van der Waals surface area contributed by atoms with Crippen LogP contribution in [0.5, 0.6) is 0 Å². The highest BCUT2D eigenvalue weighted by molar-refractivity contribution is 8.01. The number of benzene rings is 2. The van der Waals surface area contributed by atoms with Gasteiger partial charge in [-0.2, -0.15) is 0 Å². The van der Waals surface area contributed by atoms with E-state index in [1.54, 1.807) is 16.4 Å². The van der Waals surface area contributed by atoms with Crippen molar-refractivity contribution in [2.45, 2.75) is 31.5 Å². The Labute approximate surface area is 206 Å². The summed E-state index contributed by atoms with van der Waals surface area (Å²) < 4.78 is 4.07. The molecule has 2 aromatic heterocycles. The van der Waals surface area contributed by atoms with Crippen molar-refractivity contribution < 1.29 is 4.79 Å². The predicted molar refractivity (Wildman–Crippen MR) is 139 cm³/mol. The molecule has 0 saturated carbocycles. The Kier molecular flexibility index (Phi) is 7.18. The Balaban J connectivity index is 1.34. The minimum Gasteiger partial charge on any atom is -0.330 e. The third-order valence-electron chi connectivity index (χ3n) is 5.63. The van der Waals surface area contributed by atoms with Gasteiger partial charge >= 0.3 is 0 Å². The molecule has 8 nitrogen and oxygen atoms in total. The van der Waals surface area contributed by atoms with E-state index < -0.39 is 0 Å². The van der Waals surface area contributed by atoms with Crippen LogP contribution >= 0.6 is 23.1 Å². The van der Waals surface area contributed by atoms with Gasteiger partial charge in [0.15, 0.2) is 4.34 Å². The van der Waals surface area contributed by atoms with E-state index in [1.807, 2.05) is 49.4 Å². The Bertz CT molecular complexity index is 1370. The van der Waals surface area contributed by atoms with E-state index in [4.69, 9.17) is 0 Å². The van der Waals surface area contributed by atoms with Gasteiger partial charge in [-0.05, 0) is 50.1 Å². The van der Waals surface area contributed by atoms with Crippen LogP contribution in [0.15, 0.2) is 57.7 Å². The summed E-state index contributed by atoms with van der Waals surface area (Å²) in [6.07, 6.45) is 0.253. The molecule has 0 unspecified atom stereocenters. The molecule has 176 valence electrons. The van der Waals surface area contributed by atoms with Crippen LogP contribution in [0.2, 0.25) is 0 Å². The molecule has 4 rings (SSSR count). The number of carbonyl (C=O) groups is 1. The molecule has 2 aromatic carbocycles. The fourth-order valence-electron chi connectivity index (χ4n) is 3.47. The maximum atomic E-state index is 12.9. The molecule has 0 spiro atoms. The number of nitrogens with one attached hydrogen (secondary N) is 2. The van der Waals surface area contributed by atoms with Crippen molar-refractivity contribution in [3.8, 4) is 5.69 Å². The van der Waals surface area contributed by atoms with E-state index in [1.165, 1.54) is 34.2 Å². The standard InChI is InChI=1S/C24H26N6O2S2/c1-15-9-8-12-19(16(15)2)25-23-27-28-24(34-23)33-14-13-20(31)26-21-17(3)29(4)30(22(21)32)18-10-6-5-7-11-18/h5-12H,13-14H2,1-4H3,(H,25,27)(H,26,31). The van der Waals surface area contributed by atoms with Crippen LogP contribution in [0.3, 0.4) is 0 Å². The minimum absolute atomic E-state index is 0.211. The van der Waals surface area contributed by atoms with E-state index in [0.29, 0.717) is 22.3 Å². The summed E-state index contributed by atoms with van der Waals surface area (Å²) in [5.41, 5.74) is 4.88. The van der Waals surface area contributed by atoms with Gasteiger partial charge in [-0.15, -0.1) is 10.2 Å². The van der Waals surface area contributed by atoms with Gasteiger partial charge in [0, 0.05) is 24.9 Å². The Morgan fingerprint density at radius 2 is 1.82 bits per heavy atom. The van der Waals surface area contributed by atoms with Gasteiger partial charge in [0.2, 0.25) is 11.0 Å². The molecular weight excluding hydrogens is 468 g/mol. The number of aryl methyl sites for hydroxylation is 1. The lowest BCUT2D eigenvalue weighted by Crippen LogP contribution is -2.23. The summed E-state index contributed by atoms with van der Waals surface area (Å²) in [5, 5.41) is 15.2. The van der Waals surface area contributed by atoms with Gasteiger partial charge in [-0.3, -0.25) is 14.3 Å². The molecule has 0 radical (unpaired) electrons. The Morgan fingerprint density at radius 3 is 2.59 bits per heavy atom. The smallest absolute Gasteiger partial charge is 0.295 e. The van der Waals surface area contributed by atoms with Crippen LogP contribution in [0.1, 0.15) is 23.2 Å². The molecule has 0 atom stereocenters. The molecule has 0 saturated heterocycles. The first-order valence-corrected chi connectivity index (χ1v) is 12.6. The second-order valence-electron chi connectivity index (χ2n) is 7.83. The molecule has 34 heavy (non-hydrogen) atoms. The highest BCUT2D eigenvalue weighted by atomic mass is 32.2. The molecule has 10 heteroatoms. The zero-order valence-electron chi connectivity index (χ0n) is 19.5. The molecule has 0 aliphatic heterocycles. The zero-order valence-corrected chi connectivity index (χ0v) is 21.1. The summed E-state index contributed by atoms with van der Waals surface area (Å²) in [7, 11) is 1.80. The van der Waals surface area contributed by atoms with E-state index >= 15 is 0 Å². The summed E-state index contributed by atoms with van der Waals surface area (Å²) in [5.74, 6) is 0.319. The highest BCUT2D eigenvalue weighted by Crippen LogP contribution is 2.29. The highest BCUT2D eigenvalue weighted by Gasteiger charge is 2.18. The van der Waals surface area contributed by atoms with Crippen LogP contribution in [0.25, 0.3) is 5.69 Å². The lowest BCUT2D eigenvalue weighted by atomic mass is 10.1. The molecule has 1 amide bonds. The first-order chi connectivity index (χ1) is 16.3. The van der Waals surface area contributed by atoms with Gasteiger partial charge < -0.3 is 10.6 Å². The quantitative estimate of drug-likeness (QED) is 0.341. The van der Waals surface area contributed by atoms with Crippen LogP contribution in [-0.2, 0) is 11.8 Å². The lowest BCUT2D eigenvalue weighted by Gasteiger charge is -2.08. The average molecular weight is 495 g/mol. The molecule has 0 fully saturated rings. The molecular formula is C24H26N6O2S2. The minimum atomic E-state index is -0.251. The molecule has 4 aromatic rings. The number of carbonyl (C=O) groups excluding carboxylic acids is 1. The maximum absolute atomic E-state index is 12.9. The van der Waals surface area contributed by atoms with Crippen LogP contribution in [0, 0.1) is 20.8 Å². The van der Waals surface area contributed by atoms with E-state index in [0.717, 1.165) is 15.7 Å². The second kappa shape index (κ2) is 10.3. The molecule has 0 aliphatic rings. The number of nitrogens with zero attached hydrogens (tertiary/aromatic N) is 4. The summed E-state index contributed by atoms with van der Waals surface area (Å²) in [4.78, 5) is 25.5. The number of anilines is 3. The van der Waals surface area contributed by atoms with Gasteiger partial charge in [0.05, 0.1) is 11.4 Å². The van der Waals surface area contributed by atoms with Crippen molar-refractivity contribution >= 4 is 45.5 Å². The molecule has 2 heterocycles. The Hall–Kier alpha value is -3.37. The Morgan fingerprint density at radius 1 is 1.06 bits per heavy atom. The first kappa shape index (κ1) is 23.8. The largest absolute Gasteiger partial charge is 0.330 e. The fraction of sp³-hybridized carbons (Fsp3) is 0.250. The normalized spacial score (nSPS) is 10.9. The van der Waals surface area contributed by atoms with Crippen LogP contribution in [0.4, 0.5) is 16.5 Å². The third-order valence-corrected chi connectivity index (χ3v) is 7.60. The summed E-state index contributed by atoms with van der Waals surface area (Å²) in [6, 6.07) is 15.4. The van der Waals surface area contributed by atoms with Crippen molar-refractivity contribution in [1.29, 1.82) is 0 Å². The van der Waals surface area contributed by atoms with Gasteiger partial charge in [-0.25, -0.2) is 4.68 Å². The predicted octanol–water partition coefficient (Wildman–Crippen LogP) is 4.82. The van der Waals surface area contributed by atoms with Gasteiger partial charge in [-0.1, -0.05) is 53.4 Å².